The molecule has 0 amide bonds. The van der Waals surface area contributed by atoms with E-state index in [-0.39, 0.29) is 6.04 Å². The Bertz CT molecular complexity index is 318. The van der Waals surface area contributed by atoms with Crippen molar-refractivity contribution in [2.75, 3.05) is 6.54 Å². The van der Waals surface area contributed by atoms with Crippen molar-refractivity contribution in [3.05, 3.63) is 5.82 Å². The van der Waals surface area contributed by atoms with Crippen LogP contribution in [0.4, 0.5) is 0 Å². The largest absolute Gasteiger partial charge is 0.308 e. The minimum absolute atomic E-state index is 0.201. The Morgan fingerprint density at radius 3 is 2.35 bits per heavy atom. The molecule has 98 valence electrons. The second-order valence-electron chi connectivity index (χ2n) is 4.58. The van der Waals surface area contributed by atoms with Crippen molar-refractivity contribution in [3.8, 4) is 0 Å². The molecule has 0 aliphatic carbocycles. The molecular weight excluding hydrogens is 214 g/mol. The van der Waals surface area contributed by atoms with Gasteiger partial charge in [-0.2, -0.15) is 0 Å². The third-order valence-electron chi connectivity index (χ3n) is 3.53. The predicted octanol–water partition coefficient (Wildman–Crippen LogP) is 2.34. The molecule has 1 N–H and O–H groups in total. The first-order chi connectivity index (χ1) is 8.15. The summed E-state index contributed by atoms with van der Waals surface area (Å²) < 4.78 is 1.98. The van der Waals surface area contributed by atoms with Gasteiger partial charge in [0.2, 0.25) is 0 Å². The van der Waals surface area contributed by atoms with E-state index >= 15 is 0 Å². The lowest BCUT2D eigenvalue weighted by atomic mass is 9.95. The molecule has 5 nitrogen and oxygen atoms in total. The van der Waals surface area contributed by atoms with Crippen molar-refractivity contribution < 1.29 is 0 Å². The molecule has 1 aromatic heterocycles. The van der Waals surface area contributed by atoms with E-state index in [1.807, 2.05) is 4.68 Å². The van der Waals surface area contributed by atoms with E-state index in [1.165, 1.54) is 0 Å². The number of rotatable bonds is 7. The summed E-state index contributed by atoms with van der Waals surface area (Å²) in [6.45, 7) is 11.8. The average Bonchev–Trinajstić information content (AvgIpc) is 2.79. The van der Waals surface area contributed by atoms with Gasteiger partial charge in [-0.15, -0.1) is 5.10 Å². The highest BCUT2D eigenvalue weighted by atomic mass is 15.6. The van der Waals surface area contributed by atoms with Crippen LogP contribution >= 0.6 is 0 Å². The third-order valence-corrected chi connectivity index (χ3v) is 3.53. The van der Waals surface area contributed by atoms with Crippen LogP contribution in [0.3, 0.4) is 0 Å². The second kappa shape index (κ2) is 6.69. The molecule has 1 aromatic rings. The van der Waals surface area contributed by atoms with Crippen LogP contribution in [0.25, 0.3) is 0 Å². The zero-order valence-corrected chi connectivity index (χ0v) is 11.6. The van der Waals surface area contributed by atoms with Gasteiger partial charge in [-0.3, -0.25) is 0 Å². The third kappa shape index (κ3) is 3.25. The Balaban J connectivity index is 2.87. The van der Waals surface area contributed by atoms with Gasteiger partial charge in [0.05, 0.1) is 12.1 Å². The minimum Gasteiger partial charge on any atom is -0.308 e. The second-order valence-corrected chi connectivity index (χ2v) is 4.58. The smallest absolute Gasteiger partial charge is 0.168 e. The number of nitrogens with one attached hydrogen (secondary N) is 1. The molecule has 0 bridgehead atoms. The van der Waals surface area contributed by atoms with E-state index in [1.54, 1.807) is 0 Å². The summed E-state index contributed by atoms with van der Waals surface area (Å²) in [5, 5.41) is 15.5. The molecular formula is C12H25N5. The highest BCUT2D eigenvalue weighted by molar-refractivity contribution is 4.92. The van der Waals surface area contributed by atoms with Gasteiger partial charge in [0.25, 0.3) is 0 Å². The van der Waals surface area contributed by atoms with E-state index in [9.17, 15) is 0 Å². The Hall–Kier alpha value is -0.970. The van der Waals surface area contributed by atoms with Crippen LogP contribution in [0.2, 0.25) is 0 Å². The maximum Gasteiger partial charge on any atom is 0.168 e. The molecule has 0 saturated carbocycles. The summed E-state index contributed by atoms with van der Waals surface area (Å²) in [5.41, 5.74) is 0. The fourth-order valence-corrected chi connectivity index (χ4v) is 2.34. The lowest BCUT2D eigenvalue weighted by molar-refractivity contribution is 0.293. The lowest BCUT2D eigenvalue weighted by Gasteiger charge is -2.23. The van der Waals surface area contributed by atoms with Crippen LogP contribution < -0.4 is 5.32 Å². The first kappa shape index (κ1) is 14.1. The van der Waals surface area contributed by atoms with E-state index in [0.717, 1.165) is 25.2 Å². The maximum absolute atomic E-state index is 4.15. The molecule has 1 rings (SSSR count). The van der Waals surface area contributed by atoms with Gasteiger partial charge < -0.3 is 5.32 Å². The molecule has 2 unspecified atom stereocenters. The summed E-state index contributed by atoms with van der Waals surface area (Å²) in [6.07, 6.45) is 2.32. The van der Waals surface area contributed by atoms with Gasteiger partial charge in [0, 0.05) is 0 Å². The lowest BCUT2D eigenvalue weighted by Crippen LogP contribution is -2.25. The maximum atomic E-state index is 4.15. The highest BCUT2D eigenvalue weighted by Gasteiger charge is 2.22. The van der Waals surface area contributed by atoms with E-state index < -0.39 is 0 Å². The van der Waals surface area contributed by atoms with Crippen LogP contribution in [0, 0.1) is 5.92 Å². The summed E-state index contributed by atoms with van der Waals surface area (Å²) in [5.74, 6) is 1.57. The van der Waals surface area contributed by atoms with Crippen molar-refractivity contribution in [1.82, 2.24) is 25.5 Å². The van der Waals surface area contributed by atoms with Gasteiger partial charge in [-0.1, -0.05) is 33.6 Å². The molecule has 1 heterocycles. The molecule has 17 heavy (non-hydrogen) atoms. The molecule has 0 aliphatic rings. The van der Waals surface area contributed by atoms with Gasteiger partial charge in [-0.25, -0.2) is 4.68 Å². The Morgan fingerprint density at radius 1 is 1.18 bits per heavy atom. The van der Waals surface area contributed by atoms with Gasteiger partial charge in [-0.05, 0) is 36.7 Å². The molecule has 0 radical (unpaired) electrons. The molecule has 5 heteroatoms. The summed E-state index contributed by atoms with van der Waals surface area (Å²) in [4.78, 5) is 0. The first-order valence-electron chi connectivity index (χ1n) is 6.66. The van der Waals surface area contributed by atoms with E-state index in [0.29, 0.717) is 12.0 Å². The molecule has 0 aromatic carbocycles. The Kier molecular flexibility index (Phi) is 5.55. The summed E-state index contributed by atoms with van der Waals surface area (Å²) in [7, 11) is 0. The van der Waals surface area contributed by atoms with Crippen molar-refractivity contribution in [3.63, 3.8) is 0 Å². The molecule has 0 spiro atoms. The fraction of sp³-hybridized carbons (Fsp3) is 0.917. The minimum atomic E-state index is 0.201. The number of tetrazole rings is 1. The quantitative estimate of drug-likeness (QED) is 0.793. The summed E-state index contributed by atoms with van der Waals surface area (Å²) in [6, 6.07) is 0.558. The Labute approximate surface area is 104 Å². The van der Waals surface area contributed by atoms with E-state index in [4.69, 9.17) is 0 Å². The summed E-state index contributed by atoms with van der Waals surface area (Å²) >= 11 is 0. The van der Waals surface area contributed by atoms with Gasteiger partial charge >= 0.3 is 0 Å². The zero-order valence-electron chi connectivity index (χ0n) is 11.6. The van der Waals surface area contributed by atoms with Crippen molar-refractivity contribution >= 4 is 0 Å². The van der Waals surface area contributed by atoms with Crippen molar-refractivity contribution in [2.45, 2.75) is 59.5 Å². The molecule has 0 fully saturated rings. The molecule has 0 saturated heterocycles. The SMILES string of the molecule is CCNC(C)c1nnnn1C(C)C(CC)CC. The zero-order chi connectivity index (χ0) is 12.8. The molecule has 2 atom stereocenters. The van der Waals surface area contributed by atoms with Crippen molar-refractivity contribution in [1.29, 1.82) is 0 Å². The average molecular weight is 239 g/mol. The number of aromatic nitrogens is 4. The van der Waals surface area contributed by atoms with Crippen LogP contribution in [0.15, 0.2) is 0 Å². The van der Waals surface area contributed by atoms with E-state index in [2.05, 4.69) is 55.5 Å². The monoisotopic (exact) mass is 239 g/mol. The first-order valence-corrected chi connectivity index (χ1v) is 6.66. The fourth-order valence-electron chi connectivity index (χ4n) is 2.34. The number of hydrogen-bond acceptors (Lipinski definition) is 4. The topological polar surface area (TPSA) is 55.6 Å². The predicted molar refractivity (Wildman–Crippen MR) is 68.7 cm³/mol. The highest BCUT2D eigenvalue weighted by Crippen LogP contribution is 2.25. The van der Waals surface area contributed by atoms with Crippen LogP contribution in [-0.2, 0) is 0 Å². The normalized spacial score (nSPS) is 15.2. The van der Waals surface area contributed by atoms with Crippen LogP contribution in [0.5, 0.6) is 0 Å². The Morgan fingerprint density at radius 2 is 1.82 bits per heavy atom. The standard InChI is InChI=1S/C12H25N5/c1-6-11(7-2)10(5)17-12(14-15-16-17)9(4)13-8-3/h9-11,13H,6-8H2,1-5H3. The van der Waals surface area contributed by atoms with Crippen LogP contribution in [0.1, 0.15) is 65.4 Å². The van der Waals surface area contributed by atoms with Gasteiger partial charge in [0.15, 0.2) is 5.82 Å². The number of hydrogen-bond donors (Lipinski definition) is 1. The van der Waals surface area contributed by atoms with Gasteiger partial charge in [0.1, 0.15) is 0 Å². The van der Waals surface area contributed by atoms with Crippen molar-refractivity contribution in [2.24, 2.45) is 5.92 Å². The number of nitrogens with zero attached hydrogens (tertiary/aromatic N) is 4. The van der Waals surface area contributed by atoms with Crippen LogP contribution in [-0.4, -0.2) is 26.8 Å². The molecule has 0 aliphatic heterocycles.